The monoisotopic (exact) mass is 235 g/mol. The minimum atomic E-state index is 0.739. The molecular weight excluding hydrogens is 210 g/mol. The van der Waals surface area contributed by atoms with Crippen molar-refractivity contribution in [1.82, 2.24) is 5.32 Å². The summed E-state index contributed by atoms with van der Waals surface area (Å²) in [7, 11) is 0. The third kappa shape index (κ3) is 6.32. The molecule has 2 heteroatoms. The number of ether oxygens (including phenoxy) is 1. The highest BCUT2D eigenvalue weighted by molar-refractivity contribution is 5.27. The summed E-state index contributed by atoms with van der Waals surface area (Å²) in [6.07, 6.45) is 4.90. The van der Waals surface area contributed by atoms with E-state index in [0.717, 1.165) is 25.4 Å². The summed E-state index contributed by atoms with van der Waals surface area (Å²) >= 11 is 0. The molecule has 0 amide bonds. The molecule has 1 aromatic rings. The van der Waals surface area contributed by atoms with E-state index in [1.165, 1.54) is 31.2 Å². The summed E-state index contributed by atoms with van der Waals surface area (Å²) in [4.78, 5) is 0. The van der Waals surface area contributed by atoms with Crippen molar-refractivity contribution in [2.75, 3.05) is 19.7 Å². The predicted octanol–water partition coefficient (Wildman–Crippen LogP) is 3.41. The van der Waals surface area contributed by atoms with Crippen molar-refractivity contribution >= 4 is 0 Å². The Kier molecular flexibility index (Phi) is 7.48. The zero-order valence-electron chi connectivity index (χ0n) is 11.2. The van der Waals surface area contributed by atoms with Crippen LogP contribution in [0, 0.1) is 0 Å². The molecule has 0 saturated carbocycles. The SMILES string of the molecule is CCCNCCCCc1ccc(OCC)cc1. The van der Waals surface area contributed by atoms with Crippen molar-refractivity contribution in [3.05, 3.63) is 29.8 Å². The molecule has 0 fully saturated rings. The summed E-state index contributed by atoms with van der Waals surface area (Å²) in [5.74, 6) is 0.973. The normalized spacial score (nSPS) is 10.5. The third-order valence-electron chi connectivity index (χ3n) is 2.73. The van der Waals surface area contributed by atoms with Gasteiger partial charge in [0, 0.05) is 0 Å². The fraction of sp³-hybridized carbons (Fsp3) is 0.600. The molecule has 0 aliphatic rings. The second-order valence-electron chi connectivity index (χ2n) is 4.28. The van der Waals surface area contributed by atoms with Gasteiger partial charge >= 0.3 is 0 Å². The van der Waals surface area contributed by atoms with Crippen LogP contribution in [0.3, 0.4) is 0 Å². The van der Waals surface area contributed by atoms with Crippen LogP contribution in [0.15, 0.2) is 24.3 Å². The number of nitrogens with one attached hydrogen (secondary N) is 1. The number of hydrogen-bond acceptors (Lipinski definition) is 2. The van der Waals surface area contributed by atoms with Crippen LogP contribution >= 0.6 is 0 Å². The average molecular weight is 235 g/mol. The number of hydrogen-bond donors (Lipinski definition) is 1. The lowest BCUT2D eigenvalue weighted by atomic mass is 10.1. The van der Waals surface area contributed by atoms with Gasteiger partial charge in [0.25, 0.3) is 0 Å². The van der Waals surface area contributed by atoms with Gasteiger partial charge in [0.05, 0.1) is 6.61 Å². The Bertz CT molecular complexity index is 281. The predicted molar refractivity (Wildman–Crippen MR) is 73.7 cm³/mol. The van der Waals surface area contributed by atoms with E-state index in [-0.39, 0.29) is 0 Å². The Morgan fingerprint density at radius 1 is 1.00 bits per heavy atom. The van der Waals surface area contributed by atoms with Gasteiger partial charge in [-0.25, -0.2) is 0 Å². The van der Waals surface area contributed by atoms with E-state index < -0.39 is 0 Å². The van der Waals surface area contributed by atoms with Gasteiger partial charge in [-0.2, -0.15) is 0 Å². The second kappa shape index (κ2) is 9.06. The summed E-state index contributed by atoms with van der Waals surface area (Å²) < 4.78 is 5.42. The molecule has 96 valence electrons. The molecule has 0 aliphatic heterocycles. The van der Waals surface area contributed by atoms with Crippen LogP contribution in [-0.4, -0.2) is 19.7 Å². The van der Waals surface area contributed by atoms with Crippen molar-refractivity contribution in [3.8, 4) is 5.75 Å². The van der Waals surface area contributed by atoms with Gasteiger partial charge in [0.1, 0.15) is 5.75 Å². The van der Waals surface area contributed by atoms with Crippen LogP contribution in [0.25, 0.3) is 0 Å². The summed E-state index contributed by atoms with van der Waals surface area (Å²) in [6.45, 7) is 7.24. The first-order valence-corrected chi connectivity index (χ1v) is 6.79. The molecular formula is C15H25NO. The molecule has 17 heavy (non-hydrogen) atoms. The van der Waals surface area contributed by atoms with Crippen LogP contribution in [-0.2, 0) is 6.42 Å². The second-order valence-corrected chi connectivity index (χ2v) is 4.28. The van der Waals surface area contributed by atoms with E-state index in [0.29, 0.717) is 0 Å². The number of unbranched alkanes of at least 4 members (excludes halogenated alkanes) is 1. The fourth-order valence-corrected chi connectivity index (χ4v) is 1.80. The van der Waals surface area contributed by atoms with Crippen LogP contribution in [0.5, 0.6) is 5.75 Å². The van der Waals surface area contributed by atoms with Gasteiger partial charge in [0.15, 0.2) is 0 Å². The van der Waals surface area contributed by atoms with Gasteiger partial charge in [-0.1, -0.05) is 19.1 Å². The Labute approximate surface area is 105 Å². The van der Waals surface area contributed by atoms with Crippen molar-refractivity contribution in [2.24, 2.45) is 0 Å². The summed E-state index contributed by atoms with van der Waals surface area (Å²) in [6, 6.07) is 8.47. The smallest absolute Gasteiger partial charge is 0.119 e. The molecule has 1 rings (SSSR count). The largest absolute Gasteiger partial charge is 0.494 e. The lowest BCUT2D eigenvalue weighted by Gasteiger charge is -2.05. The molecule has 0 saturated heterocycles. The molecule has 0 unspecified atom stereocenters. The lowest BCUT2D eigenvalue weighted by Crippen LogP contribution is -2.15. The van der Waals surface area contributed by atoms with E-state index >= 15 is 0 Å². The van der Waals surface area contributed by atoms with Gasteiger partial charge in [-0.15, -0.1) is 0 Å². The first-order valence-electron chi connectivity index (χ1n) is 6.79. The quantitative estimate of drug-likeness (QED) is 0.662. The Hall–Kier alpha value is -1.02. The van der Waals surface area contributed by atoms with Crippen molar-refractivity contribution < 1.29 is 4.74 Å². The molecule has 0 bridgehead atoms. The van der Waals surface area contributed by atoms with Gasteiger partial charge in [0.2, 0.25) is 0 Å². The first kappa shape index (κ1) is 14.0. The maximum absolute atomic E-state index is 5.42. The lowest BCUT2D eigenvalue weighted by molar-refractivity contribution is 0.340. The van der Waals surface area contributed by atoms with Gasteiger partial charge in [-0.05, 0) is 63.4 Å². The molecule has 0 atom stereocenters. The summed E-state index contributed by atoms with van der Waals surface area (Å²) in [5.41, 5.74) is 1.41. The van der Waals surface area contributed by atoms with Crippen molar-refractivity contribution in [2.45, 2.75) is 39.5 Å². The standard InChI is InChI=1S/C15H25NO/c1-3-12-16-13-6-5-7-14-8-10-15(11-9-14)17-4-2/h8-11,16H,3-7,12-13H2,1-2H3. The highest BCUT2D eigenvalue weighted by Crippen LogP contribution is 2.13. The fourth-order valence-electron chi connectivity index (χ4n) is 1.80. The Morgan fingerprint density at radius 2 is 1.76 bits per heavy atom. The van der Waals surface area contributed by atoms with Gasteiger partial charge < -0.3 is 10.1 Å². The molecule has 0 spiro atoms. The third-order valence-corrected chi connectivity index (χ3v) is 2.73. The number of rotatable bonds is 9. The van der Waals surface area contributed by atoms with Crippen LogP contribution in [0.1, 0.15) is 38.7 Å². The average Bonchev–Trinajstić information content (AvgIpc) is 2.36. The highest BCUT2D eigenvalue weighted by atomic mass is 16.5. The van der Waals surface area contributed by atoms with Crippen LogP contribution < -0.4 is 10.1 Å². The topological polar surface area (TPSA) is 21.3 Å². The summed E-state index contributed by atoms with van der Waals surface area (Å²) in [5, 5.41) is 3.43. The van der Waals surface area contributed by atoms with Crippen LogP contribution in [0.2, 0.25) is 0 Å². The number of aryl methyl sites for hydroxylation is 1. The zero-order valence-corrected chi connectivity index (χ0v) is 11.2. The molecule has 0 heterocycles. The molecule has 1 N–H and O–H groups in total. The number of benzene rings is 1. The van der Waals surface area contributed by atoms with Crippen molar-refractivity contribution in [1.29, 1.82) is 0 Å². The molecule has 0 radical (unpaired) electrons. The molecule has 1 aromatic carbocycles. The van der Waals surface area contributed by atoms with E-state index in [1.54, 1.807) is 0 Å². The van der Waals surface area contributed by atoms with Crippen LogP contribution in [0.4, 0.5) is 0 Å². The van der Waals surface area contributed by atoms with E-state index in [4.69, 9.17) is 4.74 Å². The Balaban J connectivity index is 2.14. The van der Waals surface area contributed by atoms with E-state index in [2.05, 4.69) is 36.5 Å². The maximum Gasteiger partial charge on any atom is 0.119 e. The van der Waals surface area contributed by atoms with E-state index in [9.17, 15) is 0 Å². The van der Waals surface area contributed by atoms with E-state index in [1.807, 2.05) is 6.92 Å². The Morgan fingerprint density at radius 3 is 2.41 bits per heavy atom. The molecule has 0 aromatic heterocycles. The van der Waals surface area contributed by atoms with Gasteiger partial charge in [-0.3, -0.25) is 0 Å². The zero-order chi connectivity index (χ0) is 12.3. The van der Waals surface area contributed by atoms with Crippen molar-refractivity contribution in [3.63, 3.8) is 0 Å². The minimum absolute atomic E-state index is 0.739. The molecule has 0 aliphatic carbocycles. The minimum Gasteiger partial charge on any atom is -0.494 e. The maximum atomic E-state index is 5.42. The first-order chi connectivity index (χ1) is 8.36. The highest BCUT2D eigenvalue weighted by Gasteiger charge is 1.95. The molecule has 2 nitrogen and oxygen atoms in total.